The van der Waals surface area contributed by atoms with Crippen molar-refractivity contribution in [1.29, 1.82) is 0 Å². The fourth-order valence-electron chi connectivity index (χ4n) is 2.86. The highest BCUT2D eigenvalue weighted by molar-refractivity contribution is 7.89. The van der Waals surface area contributed by atoms with Crippen molar-refractivity contribution in [1.82, 2.24) is 14.8 Å². The molecule has 22 heavy (non-hydrogen) atoms. The standard InChI is InChI=1S/C15H19N3O3S/c1-11-9-18(10-12(2)17-11)22(19,20)15-6-4-3-5-13(15)14-7-8-16-21-14/h3-8,11-12,17H,9-10H2,1-2H3. The minimum Gasteiger partial charge on any atom is -0.356 e. The molecule has 118 valence electrons. The highest BCUT2D eigenvalue weighted by Crippen LogP contribution is 2.29. The first-order valence-corrected chi connectivity index (χ1v) is 8.69. The van der Waals surface area contributed by atoms with E-state index < -0.39 is 10.0 Å². The molecule has 6 nitrogen and oxygen atoms in total. The maximum Gasteiger partial charge on any atom is 0.243 e. The third-order valence-corrected chi connectivity index (χ3v) is 5.62. The van der Waals surface area contributed by atoms with Crippen LogP contribution in [-0.2, 0) is 10.0 Å². The van der Waals surface area contributed by atoms with E-state index in [1.54, 1.807) is 30.3 Å². The molecule has 0 aliphatic carbocycles. The first-order valence-electron chi connectivity index (χ1n) is 7.25. The third-order valence-electron chi connectivity index (χ3n) is 3.73. The van der Waals surface area contributed by atoms with Crippen LogP contribution >= 0.6 is 0 Å². The van der Waals surface area contributed by atoms with Crippen molar-refractivity contribution in [3.8, 4) is 11.3 Å². The molecule has 1 aliphatic rings. The van der Waals surface area contributed by atoms with Crippen molar-refractivity contribution >= 4 is 10.0 Å². The molecular formula is C15H19N3O3S. The number of nitrogens with one attached hydrogen (secondary N) is 1. The van der Waals surface area contributed by atoms with Crippen molar-refractivity contribution in [2.45, 2.75) is 30.8 Å². The van der Waals surface area contributed by atoms with E-state index in [0.29, 0.717) is 24.4 Å². The molecule has 0 bridgehead atoms. The van der Waals surface area contributed by atoms with Crippen molar-refractivity contribution in [2.75, 3.05) is 13.1 Å². The largest absolute Gasteiger partial charge is 0.356 e. The predicted molar refractivity (Wildman–Crippen MR) is 82.8 cm³/mol. The third kappa shape index (κ3) is 2.79. The van der Waals surface area contributed by atoms with E-state index in [2.05, 4.69) is 10.5 Å². The maximum absolute atomic E-state index is 13.0. The molecule has 0 amide bonds. The van der Waals surface area contributed by atoms with Crippen molar-refractivity contribution in [3.63, 3.8) is 0 Å². The van der Waals surface area contributed by atoms with Crippen LogP contribution in [0.4, 0.5) is 0 Å². The topological polar surface area (TPSA) is 75.4 Å². The van der Waals surface area contributed by atoms with Crippen LogP contribution in [0.1, 0.15) is 13.8 Å². The summed E-state index contributed by atoms with van der Waals surface area (Å²) in [5, 5.41) is 7.01. The number of sulfonamides is 1. The number of benzene rings is 1. The minimum atomic E-state index is -3.58. The van der Waals surface area contributed by atoms with Gasteiger partial charge in [0, 0.05) is 36.8 Å². The van der Waals surface area contributed by atoms with Crippen molar-refractivity contribution < 1.29 is 12.9 Å². The summed E-state index contributed by atoms with van der Waals surface area (Å²) in [6, 6.07) is 8.78. The molecule has 2 heterocycles. The average Bonchev–Trinajstić information content (AvgIpc) is 3.00. The van der Waals surface area contributed by atoms with Crippen LogP contribution in [0.15, 0.2) is 45.9 Å². The summed E-state index contributed by atoms with van der Waals surface area (Å²) >= 11 is 0. The number of hydrogen-bond acceptors (Lipinski definition) is 5. The van der Waals surface area contributed by atoms with Gasteiger partial charge in [-0.2, -0.15) is 4.31 Å². The summed E-state index contributed by atoms with van der Waals surface area (Å²) in [4.78, 5) is 0.257. The zero-order valence-corrected chi connectivity index (χ0v) is 13.4. The van der Waals surface area contributed by atoms with Crippen molar-refractivity contribution in [2.24, 2.45) is 0 Å². The van der Waals surface area contributed by atoms with Gasteiger partial charge in [0.25, 0.3) is 0 Å². The van der Waals surface area contributed by atoms with Crippen LogP contribution in [0.3, 0.4) is 0 Å². The highest BCUT2D eigenvalue weighted by atomic mass is 32.2. The fourth-order valence-corrected chi connectivity index (χ4v) is 4.68. The molecule has 2 atom stereocenters. The van der Waals surface area contributed by atoms with E-state index in [0.717, 1.165) is 0 Å². The van der Waals surface area contributed by atoms with E-state index in [1.165, 1.54) is 10.5 Å². The average molecular weight is 321 g/mol. The van der Waals surface area contributed by atoms with Crippen LogP contribution < -0.4 is 5.32 Å². The first-order chi connectivity index (χ1) is 10.5. The van der Waals surface area contributed by atoms with Crippen molar-refractivity contribution in [3.05, 3.63) is 36.5 Å². The normalized spacial score (nSPS) is 23.5. The summed E-state index contributed by atoms with van der Waals surface area (Å²) in [6.07, 6.45) is 1.51. The van der Waals surface area contributed by atoms with Gasteiger partial charge in [0.2, 0.25) is 10.0 Å². The lowest BCUT2D eigenvalue weighted by atomic mass is 10.2. The zero-order valence-electron chi connectivity index (χ0n) is 12.6. The van der Waals surface area contributed by atoms with E-state index in [4.69, 9.17) is 4.52 Å². The minimum absolute atomic E-state index is 0.121. The lowest BCUT2D eigenvalue weighted by molar-refractivity contribution is 0.263. The number of aromatic nitrogens is 1. The summed E-state index contributed by atoms with van der Waals surface area (Å²) in [6.45, 7) is 4.88. The van der Waals surface area contributed by atoms with Gasteiger partial charge in [-0.15, -0.1) is 0 Å². The van der Waals surface area contributed by atoms with Gasteiger partial charge in [0.15, 0.2) is 5.76 Å². The number of nitrogens with zero attached hydrogens (tertiary/aromatic N) is 2. The molecule has 0 radical (unpaired) electrons. The Hall–Kier alpha value is -1.70. The number of rotatable bonds is 3. The van der Waals surface area contributed by atoms with E-state index in [-0.39, 0.29) is 17.0 Å². The van der Waals surface area contributed by atoms with Crippen LogP contribution in [0.5, 0.6) is 0 Å². The predicted octanol–water partition coefficient (Wildman–Crippen LogP) is 1.71. The molecule has 0 spiro atoms. The Morgan fingerprint density at radius 2 is 1.86 bits per heavy atom. The van der Waals surface area contributed by atoms with Gasteiger partial charge < -0.3 is 9.84 Å². The SMILES string of the molecule is CC1CN(S(=O)(=O)c2ccccc2-c2ccno2)CC(C)N1. The summed E-state index contributed by atoms with van der Waals surface area (Å²) < 4.78 is 32.7. The zero-order chi connectivity index (χ0) is 15.7. The van der Waals surface area contributed by atoms with Crippen LogP contribution in [0.2, 0.25) is 0 Å². The quantitative estimate of drug-likeness (QED) is 0.931. The smallest absolute Gasteiger partial charge is 0.243 e. The van der Waals surface area contributed by atoms with Crippen LogP contribution in [0.25, 0.3) is 11.3 Å². The first kappa shape index (κ1) is 15.2. The number of hydrogen-bond donors (Lipinski definition) is 1. The monoisotopic (exact) mass is 321 g/mol. The van der Waals surface area contributed by atoms with E-state index in [9.17, 15) is 8.42 Å². The molecule has 1 fully saturated rings. The second-order valence-electron chi connectivity index (χ2n) is 5.66. The molecule has 2 unspecified atom stereocenters. The molecule has 7 heteroatoms. The molecular weight excluding hydrogens is 302 g/mol. The molecule has 1 N–H and O–H groups in total. The molecule has 2 aromatic rings. The molecule has 1 aromatic heterocycles. The Balaban J connectivity index is 2.03. The summed E-state index contributed by atoms with van der Waals surface area (Å²) in [5.74, 6) is 0.454. The molecule has 3 rings (SSSR count). The lowest BCUT2D eigenvalue weighted by Gasteiger charge is -2.35. The molecule has 1 saturated heterocycles. The van der Waals surface area contributed by atoms with Crippen LogP contribution in [-0.4, -0.2) is 43.1 Å². The van der Waals surface area contributed by atoms with Crippen LogP contribution in [0, 0.1) is 0 Å². The van der Waals surface area contributed by atoms with Gasteiger partial charge in [0.05, 0.1) is 11.1 Å². The van der Waals surface area contributed by atoms with Gasteiger partial charge in [-0.3, -0.25) is 0 Å². The summed E-state index contributed by atoms with van der Waals surface area (Å²) in [7, 11) is -3.58. The van der Waals surface area contributed by atoms with E-state index >= 15 is 0 Å². The fraction of sp³-hybridized carbons (Fsp3) is 0.400. The molecule has 0 saturated carbocycles. The second kappa shape index (κ2) is 5.83. The number of piperazine rings is 1. The van der Waals surface area contributed by atoms with Gasteiger partial charge in [-0.1, -0.05) is 17.3 Å². The Kier molecular flexibility index (Phi) is 4.03. The molecule has 1 aliphatic heterocycles. The van der Waals surface area contributed by atoms with Gasteiger partial charge in [0.1, 0.15) is 0 Å². The van der Waals surface area contributed by atoms with Gasteiger partial charge in [-0.05, 0) is 26.0 Å². The molecule has 1 aromatic carbocycles. The second-order valence-corrected chi connectivity index (χ2v) is 7.57. The Morgan fingerprint density at radius 3 is 2.50 bits per heavy atom. The Morgan fingerprint density at radius 1 is 1.18 bits per heavy atom. The highest BCUT2D eigenvalue weighted by Gasteiger charge is 2.33. The summed E-state index contributed by atoms with van der Waals surface area (Å²) in [5.41, 5.74) is 0.541. The Bertz CT molecular complexity index is 733. The lowest BCUT2D eigenvalue weighted by Crippen LogP contribution is -2.55. The maximum atomic E-state index is 13.0. The Labute approximate surface area is 130 Å². The van der Waals surface area contributed by atoms with Gasteiger partial charge >= 0.3 is 0 Å². The van der Waals surface area contributed by atoms with Gasteiger partial charge in [-0.25, -0.2) is 8.42 Å². The van der Waals surface area contributed by atoms with E-state index in [1.807, 2.05) is 13.8 Å².